The zero-order chi connectivity index (χ0) is 43.1. The number of allylic oxidation sites excluding steroid dienone is 17. The van der Waals surface area contributed by atoms with Crippen molar-refractivity contribution in [2.75, 3.05) is 6.61 Å². The van der Waals surface area contributed by atoms with Gasteiger partial charge in [0.15, 0.2) is 0 Å². The van der Waals surface area contributed by atoms with Gasteiger partial charge in [0.2, 0.25) is 5.91 Å². The van der Waals surface area contributed by atoms with E-state index in [-0.39, 0.29) is 24.9 Å². The molecule has 0 saturated heterocycles. The Kier molecular flexibility index (Phi) is 42.9. The van der Waals surface area contributed by atoms with E-state index in [0.717, 1.165) is 96.3 Å². The fourth-order valence-electron chi connectivity index (χ4n) is 6.32. The predicted octanol–water partition coefficient (Wildman–Crippen LogP) is 13.9. The average molecular weight is 818 g/mol. The highest BCUT2D eigenvalue weighted by molar-refractivity contribution is 5.78. The Morgan fingerprint density at radius 3 is 1.42 bits per heavy atom. The van der Waals surface area contributed by atoms with Crippen molar-refractivity contribution < 1.29 is 24.5 Å². The summed E-state index contributed by atoms with van der Waals surface area (Å²) in [5.74, 6) is -0.679. The lowest BCUT2D eigenvalue weighted by atomic mass is 10.0. The van der Waals surface area contributed by atoms with Gasteiger partial charge in [-0.25, -0.2) is 0 Å². The molecule has 0 aliphatic rings. The lowest BCUT2D eigenvalue weighted by Crippen LogP contribution is -2.46. The molecule has 0 bridgehead atoms. The van der Waals surface area contributed by atoms with Gasteiger partial charge in [0.25, 0.3) is 0 Å². The van der Waals surface area contributed by atoms with Gasteiger partial charge in [-0.05, 0) is 89.5 Å². The molecule has 3 unspecified atom stereocenters. The molecule has 0 rings (SSSR count). The van der Waals surface area contributed by atoms with Gasteiger partial charge >= 0.3 is 5.97 Å². The molecule has 0 aromatic heterocycles. The number of unbranched alkanes of at least 4 members (excludes halogenated alkanes) is 12. The van der Waals surface area contributed by atoms with E-state index in [9.17, 15) is 19.8 Å². The van der Waals surface area contributed by atoms with Crippen LogP contribution in [0, 0.1) is 0 Å². The van der Waals surface area contributed by atoms with E-state index in [1.807, 2.05) is 6.08 Å². The minimum atomic E-state index is -0.829. The Morgan fingerprint density at radius 1 is 0.525 bits per heavy atom. The SMILES string of the molecule is CC/C=C/C/C=C/C/C=C/C/C=C/C/C=C/C(CC(=O)NC(CO)C(O)CCCCCCCCCCCC)OC(=O)CCCCC/C=C/C/C=C/C/C=C/C/C=C/CC. The standard InChI is InChI=1S/C53H87NO5/c1-4-7-10-13-16-19-22-24-26-27-29-31-34-37-40-43-46-53(58)59-49(44-41-38-35-32-30-28-25-23-20-17-14-11-8-5-2)47-52(57)54-50(48-55)51(56)45-42-39-36-33-21-18-15-12-9-6-3/h7-8,10-11,16-17,19-20,24-26,28-29,31-32,35,41,44,49-51,55-56H,4-6,9,12-15,18,21-23,27,30,33-34,36-40,42-43,45-48H2,1-3H3,(H,54,57)/b10-7+,11-8+,19-16+,20-17+,26-24+,28-25+,31-29+,35-32+,44-41+. The summed E-state index contributed by atoms with van der Waals surface area (Å²) >= 11 is 0. The first-order chi connectivity index (χ1) is 29.0. The van der Waals surface area contributed by atoms with Crippen molar-refractivity contribution in [1.82, 2.24) is 5.32 Å². The number of amides is 1. The molecule has 0 aromatic carbocycles. The number of aliphatic hydroxyl groups is 2. The van der Waals surface area contributed by atoms with E-state index in [1.165, 1.54) is 44.9 Å². The smallest absolute Gasteiger partial charge is 0.306 e. The number of hydrogen-bond donors (Lipinski definition) is 3. The van der Waals surface area contributed by atoms with Crippen molar-refractivity contribution in [3.05, 3.63) is 109 Å². The van der Waals surface area contributed by atoms with E-state index < -0.39 is 18.2 Å². The van der Waals surface area contributed by atoms with Gasteiger partial charge in [-0.1, -0.05) is 195 Å². The zero-order valence-electron chi connectivity index (χ0n) is 37.8. The van der Waals surface area contributed by atoms with Crippen molar-refractivity contribution in [1.29, 1.82) is 0 Å². The molecule has 6 heteroatoms. The van der Waals surface area contributed by atoms with Crippen LogP contribution >= 0.6 is 0 Å². The summed E-state index contributed by atoms with van der Waals surface area (Å²) in [5, 5.41) is 23.6. The van der Waals surface area contributed by atoms with Crippen LogP contribution in [0.5, 0.6) is 0 Å². The summed E-state index contributed by atoms with van der Waals surface area (Å²) in [6, 6.07) is -0.754. The number of hydrogen-bond acceptors (Lipinski definition) is 5. The van der Waals surface area contributed by atoms with Gasteiger partial charge in [0, 0.05) is 6.42 Å². The van der Waals surface area contributed by atoms with Crippen LogP contribution in [-0.4, -0.2) is 46.9 Å². The van der Waals surface area contributed by atoms with Crippen molar-refractivity contribution in [3.63, 3.8) is 0 Å². The number of carbonyl (C=O) groups is 2. The number of aliphatic hydroxyl groups excluding tert-OH is 2. The number of rotatable bonds is 40. The van der Waals surface area contributed by atoms with Gasteiger partial charge in [-0.2, -0.15) is 0 Å². The van der Waals surface area contributed by atoms with Crippen LogP contribution in [-0.2, 0) is 14.3 Å². The Morgan fingerprint density at radius 2 is 0.949 bits per heavy atom. The fourth-order valence-corrected chi connectivity index (χ4v) is 6.32. The zero-order valence-corrected chi connectivity index (χ0v) is 37.8. The van der Waals surface area contributed by atoms with E-state index >= 15 is 0 Å². The number of nitrogens with one attached hydrogen (secondary N) is 1. The second kappa shape index (κ2) is 45.6. The van der Waals surface area contributed by atoms with Gasteiger partial charge in [0.1, 0.15) is 6.10 Å². The molecule has 0 heterocycles. The van der Waals surface area contributed by atoms with Gasteiger partial charge in [-0.3, -0.25) is 9.59 Å². The highest BCUT2D eigenvalue weighted by Gasteiger charge is 2.23. The predicted molar refractivity (Wildman–Crippen MR) is 254 cm³/mol. The molecule has 0 radical (unpaired) electrons. The third kappa shape index (κ3) is 41.1. The Balaban J connectivity index is 4.85. The molecule has 0 saturated carbocycles. The Bertz CT molecular complexity index is 1240. The monoisotopic (exact) mass is 818 g/mol. The van der Waals surface area contributed by atoms with Crippen molar-refractivity contribution >= 4 is 11.9 Å². The highest BCUT2D eigenvalue weighted by Crippen LogP contribution is 2.14. The highest BCUT2D eigenvalue weighted by atomic mass is 16.5. The second-order valence-corrected chi connectivity index (χ2v) is 15.4. The lowest BCUT2D eigenvalue weighted by Gasteiger charge is -2.23. The molecule has 3 N–H and O–H groups in total. The number of esters is 1. The summed E-state index contributed by atoms with van der Waals surface area (Å²) in [7, 11) is 0. The van der Waals surface area contributed by atoms with Crippen LogP contribution < -0.4 is 5.32 Å². The third-order valence-corrected chi connectivity index (χ3v) is 9.84. The summed E-state index contributed by atoms with van der Waals surface area (Å²) in [6.07, 6.45) is 61.8. The first-order valence-electron chi connectivity index (χ1n) is 23.6. The second-order valence-electron chi connectivity index (χ2n) is 15.4. The molecule has 1 amide bonds. The minimum Gasteiger partial charge on any atom is -0.458 e. The average Bonchev–Trinajstić information content (AvgIpc) is 3.23. The molecular weight excluding hydrogens is 731 g/mol. The Labute approximate surface area is 362 Å². The molecule has 6 nitrogen and oxygen atoms in total. The maximum atomic E-state index is 13.1. The molecule has 0 aliphatic heterocycles. The van der Waals surface area contributed by atoms with E-state index in [2.05, 4.69) is 123 Å². The summed E-state index contributed by atoms with van der Waals surface area (Å²) < 4.78 is 5.79. The molecule has 0 fully saturated rings. The van der Waals surface area contributed by atoms with E-state index in [4.69, 9.17) is 4.74 Å². The van der Waals surface area contributed by atoms with E-state index in [1.54, 1.807) is 6.08 Å². The quantitative estimate of drug-likeness (QED) is 0.0325. The molecule has 334 valence electrons. The minimum absolute atomic E-state index is 0.0657. The third-order valence-electron chi connectivity index (χ3n) is 9.84. The summed E-state index contributed by atoms with van der Waals surface area (Å²) in [5.41, 5.74) is 0. The lowest BCUT2D eigenvalue weighted by molar-refractivity contribution is -0.148. The summed E-state index contributed by atoms with van der Waals surface area (Å²) in [6.45, 7) is 6.17. The maximum absolute atomic E-state index is 13.1. The molecule has 0 aliphatic carbocycles. The molecule has 3 atom stereocenters. The number of carbonyl (C=O) groups excluding carboxylic acids is 2. The first-order valence-corrected chi connectivity index (χ1v) is 23.6. The van der Waals surface area contributed by atoms with Crippen molar-refractivity contribution in [2.24, 2.45) is 0 Å². The normalized spacial score (nSPS) is 14.3. The van der Waals surface area contributed by atoms with Crippen LogP contribution in [0.4, 0.5) is 0 Å². The van der Waals surface area contributed by atoms with Gasteiger partial charge in [-0.15, -0.1) is 0 Å². The topological polar surface area (TPSA) is 95.9 Å². The first kappa shape index (κ1) is 55.5. The van der Waals surface area contributed by atoms with Gasteiger partial charge in [0.05, 0.1) is 25.2 Å². The summed E-state index contributed by atoms with van der Waals surface area (Å²) in [4.78, 5) is 26.0. The van der Waals surface area contributed by atoms with E-state index in [0.29, 0.717) is 19.3 Å². The molecular formula is C53H87NO5. The fraction of sp³-hybridized carbons (Fsp3) is 0.623. The van der Waals surface area contributed by atoms with Crippen LogP contribution in [0.25, 0.3) is 0 Å². The Hall–Kier alpha value is -3.48. The van der Waals surface area contributed by atoms with Crippen LogP contribution in [0.2, 0.25) is 0 Å². The largest absolute Gasteiger partial charge is 0.458 e. The molecule has 59 heavy (non-hydrogen) atoms. The number of ether oxygens (including phenoxy) is 1. The van der Waals surface area contributed by atoms with Crippen molar-refractivity contribution in [3.8, 4) is 0 Å². The maximum Gasteiger partial charge on any atom is 0.306 e. The molecule has 0 spiro atoms. The molecule has 0 aromatic rings. The van der Waals surface area contributed by atoms with Crippen LogP contribution in [0.3, 0.4) is 0 Å². The van der Waals surface area contributed by atoms with Crippen LogP contribution in [0.15, 0.2) is 109 Å². The van der Waals surface area contributed by atoms with Crippen molar-refractivity contribution in [2.45, 2.75) is 206 Å². The van der Waals surface area contributed by atoms with Gasteiger partial charge < -0.3 is 20.3 Å². The van der Waals surface area contributed by atoms with Crippen LogP contribution in [0.1, 0.15) is 188 Å².